The quantitative estimate of drug-likeness (QED) is 0.106. The van der Waals surface area contributed by atoms with E-state index in [4.69, 9.17) is 21.1 Å². The van der Waals surface area contributed by atoms with Gasteiger partial charge in [-0.3, -0.25) is 4.79 Å². The highest BCUT2D eigenvalue weighted by molar-refractivity contribution is 6.30. The van der Waals surface area contributed by atoms with E-state index in [2.05, 4.69) is 4.84 Å². The SMILES string of the molecule is O=C(CCC/C=C\C[C@@H]1[C@@H](/C=C/[C@@H](O)COc2cccc(Cl)c2)[C@H](O)C[C@@H]1O)OCCO[N+](=O)[O-]. The Morgan fingerprint density at radius 3 is 2.80 bits per heavy atom. The highest BCUT2D eigenvalue weighted by Gasteiger charge is 2.39. The molecule has 3 N–H and O–H groups in total. The van der Waals surface area contributed by atoms with Crippen LogP contribution in [0.1, 0.15) is 32.1 Å². The maximum atomic E-state index is 11.5. The molecule has 0 bridgehead atoms. The molecule has 11 heteroatoms. The van der Waals surface area contributed by atoms with Crippen LogP contribution in [0, 0.1) is 22.0 Å². The van der Waals surface area contributed by atoms with Crippen LogP contribution in [0.2, 0.25) is 5.02 Å². The molecule has 10 nitrogen and oxygen atoms in total. The second-order valence-electron chi connectivity index (χ2n) is 8.21. The minimum absolute atomic E-state index is 0.0258. The summed E-state index contributed by atoms with van der Waals surface area (Å²) in [5.41, 5.74) is 0. The van der Waals surface area contributed by atoms with Crippen molar-refractivity contribution in [3.05, 3.63) is 63.7 Å². The molecule has 0 heterocycles. The van der Waals surface area contributed by atoms with Gasteiger partial charge in [0.25, 0.3) is 5.09 Å². The lowest BCUT2D eigenvalue weighted by molar-refractivity contribution is -0.757. The molecule has 1 aromatic carbocycles. The van der Waals surface area contributed by atoms with E-state index < -0.39 is 29.4 Å². The van der Waals surface area contributed by atoms with Crippen molar-refractivity contribution in [1.82, 2.24) is 0 Å². The van der Waals surface area contributed by atoms with Crippen LogP contribution in [0.5, 0.6) is 5.75 Å². The van der Waals surface area contributed by atoms with Crippen molar-refractivity contribution < 1.29 is 39.5 Å². The standard InChI is InChI=1S/C24H32ClNO9/c25-17-6-5-7-19(14-17)34-16-18(27)10-11-21-20(22(28)15-23(21)29)8-3-1-2-4-9-24(30)33-12-13-35-26(31)32/h1,3,5-7,10-11,14,18,20-23,27-29H,2,4,8-9,12-13,15-16H2/b3-1-,11-10+/t18-,20-,21-,22+,23-/m1/s1. The zero-order valence-electron chi connectivity index (χ0n) is 19.3. The van der Waals surface area contributed by atoms with E-state index in [0.717, 1.165) is 0 Å². The first-order valence-corrected chi connectivity index (χ1v) is 11.8. The fraction of sp³-hybridized carbons (Fsp3) is 0.542. The van der Waals surface area contributed by atoms with E-state index in [0.29, 0.717) is 30.0 Å². The van der Waals surface area contributed by atoms with E-state index >= 15 is 0 Å². The normalized spacial score (nSPS) is 23.0. The van der Waals surface area contributed by atoms with Crippen molar-refractivity contribution in [2.75, 3.05) is 19.8 Å². The van der Waals surface area contributed by atoms with Gasteiger partial charge in [0.1, 0.15) is 31.7 Å². The van der Waals surface area contributed by atoms with E-state index in [9.17, 15) is 30.2 Å². The lowest BCUT2D eigenvalue weighted by atomic mass is 9.89. The molecule has 35 heavy (non-hydrogen) atoms. The molecular formula is C24H32ClNO9. The fourth-order valence-electron chi connectivity index (χ4n) is 3.83. The van der Waals surface area contributed by atoms with Crippen molar-refractivity contribution in [3.63, 3.8) is 0 Å². The lowest BCUT2D eigenvalue weighted by Gasteiger charge is -2.19. The Balaban J connectivity index is 1.71. The second kappa shape index (κ2) is 15.4. The highest BCUT2D eigenvalue weighted by atomic mass is 35.5. The van der Waals surface area contributed by atoms with Crippen molar-refractivity contribution in [1.29, 1.82) is 0 Å². The molecule has 1 saturated carbocycles. The number of rotatable bonds is 15. The van der Waals surface area contributed by atoms with Crippen molar-refractivity contribution in [2.45, 2.75) is 50.4 Å². The van der Waals surface area contributed by atoms with Crippen molar-refractivity contribution >= 4 is 17.6 Å². The molecule has 0 spiro atoms. The molecule has 0 radical (unpaired) electrons. The van der Waals surface area contributed by atoms with Crippen LogP contribution in [0.25, 0.3) is 0 Å². The number of esters is 1. The van der Waals surface area contributed by atoms with Gasteiger partial charge in [-0.15, -0.1) is 10.1 Å². The van der Waals surface area contributed by atoms with E-state index in [1.807, 2.05) is 12.2 Å². The third-order valence-electron chi connectivity index (χ3n) is 5.56. The predicted molar refractivity (Wildman–Crippen MR) is 127 cm³/mol. The second-order valence-corrected chi connectivity index (χ2v) is 8.65. The minimum atomic E-state index is -0.946. The highest BCUT2D eigenvalue weighted by Crippen LogP contribution is 2.36. The number of hydrogen-bond donors (Lipinski definition) is 3. The Morgan fingerprint density at radius 1 is 1.26 bits per heavy atom. The van der Waals surface area contributed by atoms with Gasteiger partial charge in [0.2, 0.25) is 0 Å². The molecule has 0 amide bonds. The number of halogens is 1. The van der Waals surface area contributed by atoms with Gasteiger partial charge in [-0.1, -0.05) is 42.0 Å². The molecular weight excluding hydrogens is 482 g/mol. The number of nitrogens with zero attached hydrogens (tertiary/aromatic N) is 1. The largest absolute Gasteiger partial charge is 0.491 e. The molecule has 1 aliphatic rings. The number of ether oxygens (including phenoxy) is 2. The zero-order chi connectivity index (χ0) is 25.6. The number of aliphatic hydroxyl groups is 3. The predicted octanol–water partition coefficient (Wildman–Crippen LogP) is 2.86. The zero-order valence-corrected chi connectivity index (χ0v) is 20.0. The van der Waals surface area contributed by atoms with Crippen LogP contribution < -0.4 is 4.74 Å². The summed E-state index contributed by atoms with van der Waals surface area (Å²) in [5.74, 6) is -0.430. The lowest BCUT2D eigenvalue weighted by Crippen LogP contribution is -2.21. The monoisotopic (exact) mass is 513 g/mol. The summed E-state index contributed by atoms with van der Waals surface area (Å²) in [7, 11) is 0. The van der Waals surface area contributed by atoms with Crippen molar-refractivity contribution in [3.8, 4) is 5.75 Å². The summed E-state index contributed by atoms with van der Waals surface area (Å²) in [5, 5.41) is 40.5. The Morgan fingerprint density at radius 2 is 2.06 bits per heavy atom. The molecule has 5 atom stereocenters. The van der Waals surface area contributed by atoms with Crippen LogP contribution in [-0.4, -0.2) is 64.5 Å². The van der Waals surface area contributed by atoms with Crippen LogP contribution >= 0.6 is 11.6 Å². The minimum Gasteiger partial charge on any atom is -0.491 e. The van der Waals surface area contributed by atoms with Gasteiger partial charge in [0, 0.05) is 23.8 Å². The number of unbranched alkanes of at least 4 members (excludes halogenated alkanes) is 1. The molecule has 1 fully saturated rings. The fourth-order valence-corrected chi connectivity index (χ4v) is 4.01. The van der Waals surface area contributed by atoms with Gasteiger partial charge in [-0.05, 0) is 43.4 Å². The number of benzene rings is 1. The van der Waals surface area contributed by atoms with E-state index in [1.54, 1.807) is 36.4 Å². The summed E-state index contributed by atoms with van der Waals surface area (Å²) < 4.78 is 10.3. The van der Waals surface area contributed by atoms with Gasteiger partial charge < -0.3 is 29.6 Å². The first-order chi connectivity index (χ1) is 16.8. The molecule has 0 aromatic heterocycles. The Bertz CT molecular complexity index is 863. The number of carbonyl (C=O) groups excluding carboxylic acids is 1. The summed E-state index contributed by atoms with van der Waals surface area (Å²) in [4.78, 5) is 25.6. The number of carbonyl (C=O) groups is 1. The van der Waals surface area contributed by atoms with Crippen molar-refractivity contribution in [2.24, 2.45) is 11.8 Å². The summed E-state index contributed by atoms with van der Waals surface area (Å²) in [6, 6.07) is 6.85. The van der Waals surface area contributed by atoms with Crippen LogP contribution in [0.15, 0.2) is 48.6 Å². The van der Waals surface area contributed by atoms with Gasteiger partial charge in [0.15, 0.2) is 0 Å². The summed E-state index contributed by atoms with van der Waals surface area (Å²) in [6.45, 7) is -0.443. The number of allylic oxidation sites excluding steroid dienone is 2. The first kappa shape index (κ1) is 28.6. The Labute approximate surface area is 208 Å². The van der Waals surface area contributed by atoms with Gasteiger partial charge in [-0.25, -0.2) is 0 Å². The van der Waals surface area contributed by atoms with Crippen LogP contribution in [0.3, 0.4) is 0 Å². The smallest absolute Gasteiger partial charge is 0.305 e. The molecule has 1 aromatic rings. The third-order valence-corrected chi connectivity index (χ3v) is 5.79. The van der Waals surface area contributed by atoms with E-state index in [1.165, 1.54) is 0 Å². The van der Waals surface area contributed by atoms with Crippen LogP contribution in [0.4, 0.5) is 0 Å². The third kappa shape index (κ3) is 11.1. The average molecular weight is 514 g/mol. The topological polar surface area (TPSA) is 149 Å². The maximum absolute atomic E-state index is 11.5. The van der Waals surface area contributed by atoms with Crippen LogP contribution in [-0.2, 0) is 14.4 Å². The molecule has 1 aliphatic carbocycles. The first-order valence-electron chi connectivity index (χ1n) is 11.4. The van der Waals surface area contributed by atoms with Gasteiger partial charge >= 0.3 is 5.97 Å². The number of hydrogen-bond acceptors (Lipinski definition) is 9. The Kier molecular flexibility index (Phi) is 12.5. The van der Waals surface area contributed by atoms with E-state index in [-0.39, 0.29) is 44.5 Å². The summed E-state index contributed by atoms with van der Waals surface area (Å²) in [6.07, 6.45) is 6.95. The molecule has 0 saturated heterocycles. The number of aliphatic hydroxyl groups excluding tert-OH is 3. The molecule has 0 unspecified atom stereocenters. The Hall–Kier alpha value is -2.66. The molecule has 2 rings (SSSR count). The van der Waals surface area contributed by atoms with Gasteiger partial charge in [-0.2, -0.15) is 0 Å². The molecule has 194 valence electrons. The average Bonchev–Trinajstić information content (AvgIpc) is 3.08. The summed E-state index contributed by atoms with van der Waals surface area (Å²) >= 11 is 5.91. The maximum Gasteiger partial charge on any atom is 0.305 e. The molecule has 0 aliphatic heterocycles. The van der Waals surface area contributed by atoms with Gasteiger partial charge in [0.05, 0.1) is 12.2 Å².